The summed E-state index contributed by atoms with van der Waals surface area (Å²) in [5.41, 5.74) is 1.32. The zero-order chi connectivity index (χ0) is 14.0. The molecule has 0 aliphatic carbocycles. The van der Waals surface area contributed by atoms with Gasteiger partial charge in [0.1, 0.15) is 11.5 Å². The van der Waals surface area contributed by atoms with Crippen molar-refractivity contribution in [3.8, 4) is 6.07 Å². The third kappa shape index (κ3) is 2.59. The molecule has 6 heteroatoms. The summed E-state index contributed by atoms with van der Waals surface area (Å²) >= 11 is 6.08. The first-order valence-corrected chi connectivity index (χ1v) is 5.84. The maximum atomic E-state index is 11.1. The topological polar surface area (TPSA) is 78.9 Å². The zero-order valence-corrected chi connectivity index (χ0v) is 10.8. The number of aryl methyl sites for hydroxylation is 1. The molecule has 0 amide bonds. The first-order chi connectivity index (χ1) is 9.02. The first-order valence-electron chi connectivity index (χ1n) is 5.47. The van der Waals surface area contributed by atoms with Crippen LogP contribution in [-0.2, 0) is 6.54 Å². The third-order valence-electron chi connectivity index (χ3n) is 2.78. The van der Waals surface area contributed by atoms with Crippen molar-refractivity contribution >= 4 is 17.6 Å². The number of benzene rings is 1. The number of carboxylic acid groups (broad SMARTS) is 1. The standard InChI is InChI=1S/C13H10ClN3O2/c1-8-16-6-12(13(18)19)17(8)7-10-3-2-9(5-15)4-11(10)14/h2-4,6H,7H2,1H3,(H,18,19). The van der Waals surface area contributed by atoms with Crippen molar-refractivity contribution in [3.05, 3.63) is 52.1 Å². The Balaban J connectivity index is 2.39. The van der Waals surface area contributed by atoms with E-state index in [2.05, 4.69) is 4.98 Å². The van der Waals surface area contributed by atoms with Gasteiger partial charge in [0.05, 0.1) is 24.4 Å². The number of aromatic carboxylic acids is 1. The Morgan fingerprint density at radius 1 is 1.58 bits per heavy atom. The lowest BCUT2D eigenvalue weighted by Gasteiger charge is -2.09. The molecule has 0 unspecified atom stereocenters. The summed E-state index contributed by atoms with van der Waals surface area (Å²) in [7, 11) is 0. The van der Waals surface area contributed by atoms with Crippen LogP contribution in [0.25, 0.3) is 0 Å². The van der Waals surface area contributed by atoms with Gasteiger partial charge in [-0.25, -0.2) is 9.78 Å². The van der Waals surface area contributed by atoms with Crippen molar-refractivity contribution in [1.82, 2.24) is 9.55 Å². The van der Waals surface area contributed by atoms with E-state index in [1.54, 1.807) is 29.7 Å². The minimum atomic E-state index is -1.04. The van der Waals surface area contributed by atoms with Crippen molar-refractivity contribution in [2.75, 3.05) is 0 Å². The first kappa shape index (κ1) is 13.1. The van der Waals surface area contributed by atoms with E-state index < -0.39 is 5.97 Å². The second kappa shape index (κ2) is 5.12. The van der Waals surface area contributed by atoms with Gasteiger partial charge in [-0.05, 0) is 24.6 Å². The van der Waals surface area contributed by atoms with E-state index in [0.29, 0.717) is 23.0 Å². The van der Waals surface area contributed by atoms with E-state index in [9.17, 15) is 4.79 Å². The molecule has 0 saturated carbocycles. The number of nitriles is 1. The Kier molecular flexibility index (Phi) is 3.54. The molecule has 1 aromatic carbocycles. The average molecular weight is 276 g/mol. The van der Waals surface area contributed by atoms with Crippen LogP contribution in [0.2, 0.25) is 5.02 Å². The largest absolute Gasteiger partial charge is 0.477 e. The highest BCUT2D eigenvalue weighted by molar-refractivity contribution is 6.31. The molecule has 5 nitrogen and oxygen atoms in total. The second-order valence-electron chi connectivity index (χ2n) is 4.00. The molecule has 0 aliphatic heterocycles. The van der Waals surface area contributed by atoms with Crippen molar-refractivity contribution < 1.29 is 9.90 Å². The van der Waals surface area contributed by atoms with Gasteiger partial charge in [0.2, 0.25) is 0 Å². The molecule has 1 N–H and O–H groups in total. The molecule has 0 fully saturated rings. The van der Waals surface area contributed by atoms with E-state index in [-0.39, 0.29) is 5.69 Å². The predicted molar refractivity (Wildman–Crippen MR) is 69.2 cm³/mol. The third-order valence-corrected chi connectivity index (χ3v) is 3.14. The number of halogens is 1. The van der Waals surface area contributed by atoms with Gasteiger partial charge >= 0.3 is 5.97 Å². The summed E-state index contributed by atoms with van der Waals surface area (Å²) in [6.45, 7) is 2.03. The Morgan fingerprint density at radius 2 is 2.32 bits per heavy atom. The number of imidazole rings is 1. The minimum absolute atomic E-state index is 0.109. The minimum Gasteiger partial charge on any atom is -0.477 e. The average Bonchev–Trinajstić information content (AvgIpc) is 2.73. The van der Waals surface area contributed by atoms with Gasteiger partial charge in [-0.15, -0.1) is 0 Å². The fourth-order valence-corrected chi connectivity index (χ4v) is 1.99. The van der Waals surface area contributed by atoms with Crippen molar-refractivity contribution in [1.29, 1.82) is 5.26 Å². The molecule has 19 heavy (non-hydrogen) atoms. The van der Waals surface area contributed by atoms with E-state index in [1.165, 1.54) is 6.20 Å². The summed E-state index contributed by atoms with van der Waals surface area (Å²) in [4.78, 5) is 15.1. The number of carbonyl (C=O) groups is 1. The molecular formula is C13H10ClN3O2. The van der Waals surface area contributed by atoms with Crippen LogP contribution in [-0.4, -0.2) is 20.6 Å². The number of hydrogen-bond acceptors (Lipinski definition) is 3. The summed E-state index contributed by atoms with van der Waals surface area (Å²) in [5, 5.41) is 18.3. The van der Waals surface area contributed by atoms with Gasteiger partial charge in [-0.2, -0.15) is 5.26 Å². The van der Waals surface area contributed by atoms with Crippen LogP contribution in [0, 0.1) is 18.3 Å². The molecule has 1 heterocycles. The monoisotopic (exact) mass is 275 g/mol. The van der Waals surface area contributed by atoms with Crippen molar-refractivity contribution in [2.24, 2.45) is 0 Å². The van der Waals surface area contributed by atoms with Gasteiger partial charge in [-0.1, -0.05) is 17.7 Å². The molecule has 0 spiro atoms. The van der Waals surface area contributed by atoms with Crippen LogP contribution in [0.4, 0.5) is 0 Å². The second-order valence-corrected chi connectivity index (χ2v) is 4.41. The number of hydrogen-bond donors (Lipinski definition) is 1. The Hall–Kier alpha value is -2.32. The van der Waals surface area contributed by atoms with Crippen LogP contribution < -0.4 is 0 Å². The van der Waals surface area contributed by atoms with Crippen LogP contribution in [0.15, 0.2) is 24.4 Å². The normalized spacial score (nSPS) is 10.2. The van der Waals surface area contributed by atoms with Gasteiger partial charge in [0, 0.05) is 5.02 Å². The van der Waals surface area contributed by atoms with Crippen molar-refractivity contribution in [2.45, 2.75) is 13.5 Å². The SMILES string of the molecule is Cc1ncc(C(=O)O)n1Cc1ccc(C#N)cc1Cl. The van der Waals surface area contributed by atoms with Gasteiger partial charge in [-0.3, -0.25) is 0 Å². The number of carboxylic acids is 1. The smallest absolute Gasteiger partial charge is 0.354 e. The van der Waals surface area contributed by atoms with E-state index >= 15 is 0 Å². The molecule has 0 bridgehead atoms. The lowest BCUT2D eigenvalue weighted by molar-refractivity contribution is 0.0685. The maximum Gasteiger partial charge on any atom is 0.354 e. The number of rotatable bonds is 3. The highest BCUT2D eigenvalue weighted by Gasteiger charge is 2.14. The van der Waals surface area contributed by atoms with Gasteiger partial charge in [0.15, 0.2) is 0 Å². The molecule has 2 aromatic rings. The summed E-state index contributed by atoms with van der Waals surface area (Å²) in [5.74, 6) is -0.441. The Labute approximate surface area is 114 Å². The van der Waals surface area contributed by atoms with Crippen LogP contribution in [0.1, 0.15) is 27.4 Å². The summed E-state index contributed by atoms with van der Waals surface area (Å²) in [6.07, 6.45) is 1.31. The van der Waals surface area contributed by atoms with Crippen LogP contribution in [0.5, 0.6) is 0 Å². The highest BCUT2D eigenvalue weighted by atomic mass is 35.5. The van der Waals surface area contributed by atoms with E-state index in [0.717, 1.165) is 5.56 Å². The van der Waals surface area contributed by atoms with Crippen LogP contribution in [0.3, 0.4) is 0 Å². The molecule has 0 radical (unpaired) electrons. The maximum absolute atomic E-state index is 11.1. The Bertz CT molecular complexity index is 686. The van der Waals surface area contributed by atoms with Gasteiger partial charge < -0.3 is 9.67 Å². The quantitative estimate of drug-likeness (QED) is 0.933. The van der Waals surface area contributed by atoms with E-state index in [1.807, 2.05) is 6.07 Å². The highest BCUT2D eigenvalue weighted by Crippen LogP contribution is 2.20. The fourth-order valence-electron chi connectivity index (χ4n) is 1.75. The van der Waals surface area contributed by atoms with Gasteiger partial charge in [0.25, 0.3) is 0 Å². The number of nitrogens with zero attached hydrogens (tertiary/aromatic N) is 3. The molecule has 0 aliphatic rings. The summed E-state index contributed by atoms with van der Waals surface area (Å²) < 4.78 is 1.57. The molecule has 96 valence electrons. The molecule has 2 rings (SSSR count). The van der Waals surface area contributed by atoms with E-state index in [4.69, 9.17) is 22.0 Å². The molecule has 0 saturated heterocycles. The Morgan fingerprint density at radius 3 is 2.89 bits per heavy atom. The lowest BCUT2D eigenvalue weighted by atomic mass is 10.1. The predicted octanol–water partition coefficient (Wildman–Crippen LogP) is 2.46. The lowest BCUT2D eigenvalue weighted by Crippen LogP contribution is -2.11. The van der Waals surface area contributed by atoms with Crippen LogP contribution >= 0.6 is 11.6 Å². The molecule has 0 atom stereocenters. The summed E-state index contributed by atoms with van der Waals surface area (Å²) in [6, 6.07) is 6.92. The fraction of sp³-hybridized carbons (Fsp3) is 0.154. The van der Waals surface area contributed by atoms with Crippen molar-refractivity contribution in [3.63, 3.8) is 0 Å². The molecular weight excluding hydrogens is 266 g/mol. The number of aromatic nitrogens is 2. The zero-order valence-electron chi connectivity index (χ0n) is 10.1. The molecule has 1 aromatic heterocycles.